The van der Waals surface area contributed by atoms with Crippen molar-refractivity contribution < 1.29 is 9.47 Å². The van der Waals surface area contributed by atoms with E-state index in [9.17, 15) is 0 Å². The third kappa shape index (κ3) is 2.77. The van der Waals surface area contributed by atoms with Gasteiger partial charge >= 0.3 is 0 Å². The van der Waals surface area contributed by atoms with Crippen LogP contribution in [0, 0.1) is 0 Å². The second kappa shape index (κ2) is 7.20. The van der Waals surface area contributed by atoms with Gasteiger partial charge in [-0.05, 0) is 48.5 Å². The van der Waals surface area contributed by atoms with Crippen molar-refractivity contribution in [2.75, 3.05) is 14.2 Å². The van der Waals surface area contributed by atoms with Crippen LogP contribution in [-0.4, -0.2) is 24.2 Å². The molecule has 4 aromatic carbocycles. The van der Waals surface area contributed by atoms with Gasteiger partial charge in [-0.15, -0.1) is 0 Å². The molecule has 2 heterocycles. The van der Waals surface area contributed by atoms with E-state index in [0.29, 0.717) is 0 Å². The molecule has 0 radical (unpaired) electrons. The third-order valence-corrected chi connectivity index (χ3v) is 6.02. The molecular formula is C28H20N2O2. The Balaban J connectivity index is 1.91. The van der Waals surface area contributed by atoms with Crippen LogP contribution in [0.15, 0.2) is 84.9 Å². The van der Waals surface area contributed by atoms with Crippen molar-refractivity contribution in [3.05, 3.63) is 84.9 Å². The molecule has 4 nitrogen and oxygen atoms in total. The molecule has 6 aromatic rings. The Morgan fingerprint density at radius 1 is 0.469 bits per heavy atom. The van der Waals surface area contributed by atoms with Crippen LogP contribution < -0.4 is 9.47 Å². The highest BCUT2D eigenvalue weighted by Crippen LogP contribution is 2.43. The number of rotatable bonds is 3. The standard InChI is InChI=1S/C28H20N2O2/c1-31-17-11-13-25-21(15-17)27(19-7-3-5-9-23(19)29-25)28-20-8-4-6-10-24(20)30-26-14-12-18(32-2)16-22(26)28/h3-16H,1-2H3. The lowest BCUT2D eigenvalue weighted by molar-refractivity contribution is 0.415. The molecule has 0 unspecified atom stereocenters. The fourth-order valence-corrected chi connectivity index (χ4v) is 4.53. The lowest BCUT2D eigenvalue weighted by atomic mass is 9.90. The summed E-state index contributed by atoms with van der Waals surface area (Å²) in [5, 5.41) is 4.27. The Hall–Kier alpha value is -4.18. The average molecular weight is 416 g/mol. The van der Waals surface area contributed by atoms with Crippen molar-refractivity contribution in [1.82, 2.24) is 9.97 Å². The van der Waals surface area contributed by atoms with E-state index < -0.39 is 0 Å². The molecule has 4 heteroatoms. The molecule has 0 amide bonds. The molecule has 6 rings (SSSR count). The Kier molecular flexibility index (Phi) is 4.18. The topological polar surface area (TPSA) is 44.2 Å². The fourth-order valence-electron chi connectivity index (χ4n) is 4.53. The van der Waals surface area contributed by atoms with Crippen LogP contribution in [0.5, 0.6) is 11.5 Å². The van der Waals surface area contributed by atoms with Gasteiger partial charge in [0.15, 0.2) is 0 Å². The average Bonchev–Trinajstić information content (AvgIpc) is 2.85. The quantitative estimate of drug-likeness (QED) is 0.299. The van der Waals surface area contributed by atoms with E-state index in [4.69, 9.17) is 19.4 Å². The number of nitrogens with zero attached hydrogens (tertiary/aromatic N) is 2. The summed E-state index contributed by atoms with van der Waals surface area (Å²) in [6, 6.07) is 28.7. The first kappa shape index (κ1) is 18.6. The summed E-state index contributed by atoms with van der Waals surface area (Å²) in [6.07, 6.45) is 0. The number of ether oxygens (including phenoxy) is 2. The van der Waals surface area contributed by atoms with Crippen LogP contribution in [0.1, 0.15) is 0 Å². The van der Waals surface area contributed by atoms with Crippen molar-refractivity contribution in [2.24, 2.45) is 0 Å². The molecule has 0 aliphatic rings. The largest absolute Gasteiger partial charge is 0.497 e. The second-order valence-corrected chi connectivity index (χ2v) is 7.77. The van der Waals surface area contributed by atoms with E-state index in [2.05, 4.69) is 48.5 Å². The summed E-state index contributed by atoms with van der Waals surface area (Å²) < 4.78 is 11.2. The predicted molar refractivity (Wildman–Crippen MR) is 131 cm³/mol. The SMILES string of the molecule is COc1ccc2nc3ccccc3c(-c3c4ccccc4nc4ccc(OC)cc34)c2c1. The van der Waals surface area contributed by atoms with Gasteiger partial charge in [0.2, 0.25) is 0 Å². The Labute approximate surface area is 185 Å². The lowest BCUT2D eigenvalue weighted by Gasteiger charge is -2.17. The predicted octanol–water partition coefficient (Wildman–Crippen LogP) is 6.77. The van der Waals surface area contributed by atoms with E-state index in [1.54, 1.807) is 14.2 Å². The van der Waals surface area contributed by atoms with E-state index in [1.807, 2.05) is 36.4 Å². The molecular weight excluding hydrogens is 396 g/mol. The van der Waals surface area contributed by atoms with Crippen LogP contribution in [-0.2, 0) is 0 Å². The molecule has 0 N–H and O–H groups in total. The van der Waals surface area contributed by atoms with Gasteiger partial charge in [-0.2, -0.15) is 0 Å². The zero-order chi connectivity index (χ0) is 21.7. The number of methoxy groups -OCH3 is 2. The maximum absolute atomic E-state index is 5.58. The number of hydrogen-bond acceptors (Lipinski definition) is 4. The maximum Gasteiger partial charge on any atom is 0.119 e. The highest BCUT2D eigenvalue weighted by Gasteiger charge is 2.18. The zero-order valence-corrected chi connectivity index (χ0v) is 17.8. The maximum atomic E-state index is 5.58. The lowest BCUT2D eigenvalue weighted by Crippen LogP contribution is -1.95. The summed E-state index contributed by atoms with van der Waals surface area (Å²) in [6.45, 7) is 0. The van der Waals surface area contributed by atoms with Crippen molar-refractivity contribution in [3.8, 4) is 22.6 Å². The Morgan fingerprint density at radius 2 is 0.875 bits per heavy atom. The van der Waals surface area contributed by atoms with Crippen molar-refractivity contribution in [1.29, 1.82) is 0 Å². The summed E-state index contributed by atoms with van der Waals surface area (Å²) in [4.78, 5) is 9.87. The van der Waals surface area contributed by atoms with Gasteiger partial charge in [-0.1, -0.05) is 36.4 Å². The highest BCUT2D eigenvalue weighted by molar-refractivity contribution is 6.20. The third-order valence-electron chi connectivity index (χ3n) is 6.02. The van der Waals surface area contributed by atoms with Crippen molar-refractivity contribution in [2.45, 2.75) is 0 Å². The summed E-state index contributed by atoms with van der Waals surface area (Å²) >= 11 is 0. The number of benzene rings is 4. The molecule has 154 valence electrons. The van der Waals surface area contributed by atoms with Crippen molar-refractivity contribution >= 4 is 43.6 Å². The normalized spacial score (nSPS) is 11.4. The first-order valence-corrected chi connectivity index (χ1v) is 10.5. The van der Waals surface area contributed by atoms with Crippen LogP contribution in [0.4, 0.5) is 0 Å². The molecule has 0 aliphatic carbocycles. The molecule has 2 aromatic heterocycles. The van der Waals surface area contributed by atoms with Gasteiger partial charge in [0.1, 0.15) is 11.5 Å². The van der Waals surface area contributed by atoms with Crippen LogP contribution in [0.2, 0.25) is 0 Å². The zero-order valence-electron chi connectivity index (χ0n) is 17.8. The van der Waals surface area contributed by atoms with Crippen molar-refractivity contribution in [3.63, 3.8) is 0 Å². The minimum atomic E-state index is 0.802. The van der Waals surface area contributed by atoms with E-state index in [1.165, 1.54) is 0 Å². The molecule has 0 bridgehead atoms. The molecule has 0 saturated heterocycles. The van der Waals surface area contributed by atoms with Gasteiger partial charge < -0.3 is 9.47 Å². The molecule has 0 atom stereocenters. The first-order chi connectivity index (χ1) is 15.8. The van der Waals surface area contributed by atoms with E-state index >= 15 is 0 Å². The Morgan fingerprint density at radius 3 is 1.31 bits per heavy atom. The Bertz CT molecular complexity index is 1530. The minimum Gasteiger partial charge on any atom is -0.497 e. The molecule has 0 aliphatic heterocycles. The smallest absolute Gasteiger partial charge is 0.119 e. The molecule has 32 heavy (non-hydrogen) atoms. The van der Waals surface area contributed by atoms with Crippen LogP contribution in [0.25, 0.3) is 54.7 Å². The first-order valence-electron chi connectivity index (χ1n) is 10.5. The van der Waals surface area contributed by atoms with Gasteiger partial charge in [0.05, 0.1) is 36.3 Å². The number of para-hydroxylation sites is 2. The second-order valence-electron chi connectivity index (χ2n) is 7.77. The highest BCUT2D eigenvalue weighted by atomic mass is 16.5. The molecule has 0 spiro atoms. The fraction of sp³-hybridized carbons (Fsp3) is 0.0714. The molecule has 0 saturated carbocycles. The van der Waals surface area contributed by atoms with E-state index in [0.717, 1.165) is 66.2 Å². The van der Waals surface area contributed by atoms with E-state index in [-0.39, 0.29) is 0 Å². The van der Waals surface area contributed by atoms with Gasteiger partial charge in [-0.3, -0.25) is 0 Å². The number of hydrogen-bond donors (Lipinski definition) is 0. The number of fused-ring (bicyclic) bond motifs is 4. The number of pyridine rings is 2. The molecule has 0 fully saturated rings. The summed E-state index contributed by atoms with van der Waals surface area (Å²) in [5.41, 5.74) is 6.02. The minimum absolute atomic E-state index is 0.802. The monoisotopic (exact) mass is 416 g/mol. The van der Waals surface area contributed by atoms with Crippen LogP contribution in [0.3, 0.4) is 0 Å². The van der Waals surface area contributed by atoms with Gasteiger partial charge in [0, 0.05) is 32.7 Å². The summed E-state index contributed by atoms with van der Waals surface area (Å²) in [5.74, 6) is 1.60. The van der Waals surface area contributed by atoms with Crippen LogP contribution >= 0.6 is 0 Å². The summed E-state index contributed by atoms with van der Waals surface area (Å²) in [7, 11) is 3.38. The van der Waals surface area contributed by atoms with Gasteiger partial charge in [0.25, 0.3) is 0 Å². The number of aromatic nitrogens is 2. The van der Waals surface area contributed by atoms with Gasteiger partial charge in [-0.25, -0.2) is 9.97 Å².